The molecule has 11 heavy (non-hydrogen) atoms. The summed E-state index contributed by atoms with van der Waals surface area (Å²) in [6.45, 7) is 0.590. The fraction of sp³-hybridized carbons (Fsp3) is 0.250. The molecular weight excluding hydrogens is 158 g/mol. The van der Waals surface area contributed by atoms with Crippen molar-refractivity contribution in [2.24, 2.45) is 5.73 Å². The number of rotatable bonds is 0. The van der Waals surface area contributed by atoms with Crippen molar-refractivity contribution in [3.63, 3.8) is 0 Å². The second-order valence-electron chi connectivity index (χ2n) is 2.64. The first-order valence-corrected chi connectivity index (χ1v) is 3.93. The summed E-state index contributed by atoms with van der Waals surface area (Å²) in [4.78, 5) is 0.935. The Hall–Kier alpha value is -0.670. The third kappa shape index (κ3) is 1.10. The van der Waals surface area contributed by atoms with Crippen molar-refractivity contribution in [1.29, 1.82) is 0 Å². The molecule has 1 heterocycles. The van der Waals surface area contributed by atoms with E-state index in [1.165, 1.54) is 0 Å². The zero-order valence-electron chi connectivity index (χ0n) is 5.95. The van der Waals surface area contributed by atoms with Crippen LogP contribution in [-0.2, 0) is 0 Å². The second-order valence-corrected chi connectivity index (χ2v) is 3.16. The van der Waals surface area contributed by atoms with Crippen LogP contribution in [0, 0.1) is 0 Å². The smallest absolute Gasteiger partial charge is 0.124 e. The maximum absolute atomic E-state index is 5.76. The first-order chi connectivity index (χ1) is 5.27. The van der Waals surface area contributed by atoms with Gasteiger partial charge < -0.3 is 10.5 Å². The predicted molar refractivity (Wildman–Crippen MR) is 46.1 cm³/mol. The second kappa shape index (κ2) is 2.43. The first-order valence-electron chi connectivity index (χ1n) is 3.48. The van der Waals surface area contributed by atoms with Gasteiger partial charge in [0.1, 0.15) is 12.4 Å². The first kappa shape index (κ1) is 7.00. The van der Waals surface area contributed by atoms with Crippen LogP contribution in [0.4, 0.5) is 0 Å². The van der Waals surface area contributed by atoms with Crippen LogP contribution < -0.4 is 10.5 Å². The number of ether oxygens (including phenoxy) is 1. The number of nitrogens with two attached hydrogens (primary N) is 1. The number of thiol groups is 1. The van der Waals surface area contributed by atoms with Crippen LogP contribution in [0.1, 0.15) is 11.6 Å². The molecule has 3 heteroatoms. The van der Waals surface area contributed by atoms with E-state index >= 15 is 0 Å². The molecule has 2 nitrogen and oxygen atoms in total. The van der Waals surface area contributed by atoms with E-state index in [9.17, 15) is 0 Å². The molecule has 1 aromatic rings. The highest BCUT2D eigenvalue weighted by Gasteiger charge is 2.19. The van der Waals surface area contributed by atoms with E-state index in [-0.39, 0.29) is 6.04 Å². The van der Waals surface area contributed by atoms with Gasteiger partial charge in [-0.1, -0.05) is 0 Å². The summed E-state index contributed by atoms with van der Waals surface area (Å²) in [7, 11) is 0. The summed E-state index contributed by atoms with van der Waals surface area (Å²) >= 11 is 4.21. The maximum Gasteiger partial charge on any atom is 0.124 e. The lowest BCUT2D eigenvalue weighted by atomic mass is 10.1. The van der Waals surface area contributed by atoms with E-state index in [4.69, 9.17) is 10.5 Å². The number of benzene rings is 1. The Kier molecular flexibility index (Phi) is 1.55. The molecule has 0 bridgehead atoms. The Morgan fingerprint density at radius 3 is 3.18 bits per heavy atom. The van der Waals surface area contributed by atoms with Gasteiger partial charge >= 0.3 is 0 Å². The molecule has 0 fully saturated rings. The lowest BCUT2D eigenvalue weighted by molar-refractivity contribution is 0.333. The Morgan fingerprint density at radius 1 is 1.55 bits per heavy atom. The third-order valence-corrected chi connectivity index (χ3v) is 2.09. The summed E-state index contributed by atoms with van der Waals surface area (Å²) in [6, 6.07) is 5.79. The highest BCUT2D eigenvalue weighted by atomic mass is 32.1. The quantitative estimate of drug-likeness (QED) is 0.572. The fourth-order valence-electron chi connectivity index (χ4n) is 1.23. The van der Waals surface area contributed by atoms with Crippen LogP contribution in [0.2, 0.25) is 0 Å². The van der Waals surface area contributed by atoms with Crippen molar-refractivity contribution in [2.45, 2.75) is 10.9 Å². The van der Waals surface area contributed by atoms with E-state index in [0.29, 0.717) is 6.61 Å². The summed E-state index contributed by atoms with van der Waals surface area (Å²) in [5, 5.41) is 0. The van der Waals surface area contributed by atoms with Gasteiger partial charge in [0.25, 0.3) is 0 Å². The highest BCUT2D eigenvalue weighted by Crippen LogP contribution is 2.31. The molecular formula is C8H9NOS. The molecule has 1 aromatic carbocycles. The highest BCUT2D eigenvalue weighted by molar-refractivity contribution is 7.80. The van der Waals surface area contributed by atoms with Crippen LogP contribution in [0.15, 0.2) is 23.1 Å². The number of hydrogen-bond donors (Lipinski definition) is 2. The molecule has 0 spiro atoms. The van der Waals surface area contributed by atoms with Gasteiger partial charge in [0.15, 0.2) is 0 Å². The molecule has 0 amide bonds. The van der Waals surface area contributed by atoms with Crippen LogP contribution in [-0.4, -0.2) is 6.61 Å². The minimum absolute atomic E-state index is 0.0251. The van der Waals surface area contributed by atoms with Crippen LogP contribution in [0.3, 0.4) is 0 Å². The fourth-order valence-corrected chi connectivity index (χ4v) is 1.44. The molecule has 1 unspecified atom stereocenters. The molecule has 1 aliphatic heterocycles. The summed E-state index contributed by atoms with van der Waals surface area (Å²) in [5.41, 5.74) is 6.82. The molecule has 2 rings (SSSR count). The van der Waals surface area contributed by atoms with E-state index in [0.717, 1.165) is 16.2 Å². The lowest BCUT2D eigenvalue weighted by Crippen LogP contribution is -2.10. The van der Waals surface area contributed by atoms with E-state index < -0.39 is 0 Å². The van der Waals surface area contributed by atoms with Crippen LogP contribution in [0.5, 0.6) is 5.75 Å². The molecule has 0 radical (unpaired) electrons. The minimum Gasteiger partial charge on any atom is -0.491 e. The minimum atomic E-state index is 0.0251. The molecule has 1 aliphatic rings. The lowest BCUT2D eigenvalue weighted by Gasteiger charge is -2.00. The molecule has 2 N–H and O–H groups in total. The average molecular weight is 167 g/mol. The average Bonchev–Trinajstić information content (AvgIpc) is 2.33. The van der Waals surface area contributed by atoms with Gasteiger partial charge in [-0.25, -0.2) is 0 Å². The van der Waals surface area contributed by atoms with E-state index in [1.807, 2.05) is 18.2 Å². The van der Waals surface area contributed by atoms with Crippen LogP contribution in [0.25, 0.3) is 0 Å². The SMILES string of the molecule is NC1COc2ccc(S)cc21. The molecule has 0 aromatic heterocycles. The standard InChI is InChI=1S/C8H9NOS/c9-7-4-10-8-2-1-5(11)3-6(7)8/h1-3,7,11H,4,9H2. The van der Waals surface area contributed by atoms with Crippen molar-refractivity contribution >= 4 is 12.6 Å². The third-order valence-electron chi connectivity index (χ3n) is 1.81. The maximum atomic E-state index is 5.76. The molecule has 0 saturated heterocycles. The predicted octanol–water partition coefficient (Wildman–Crippen LogP) is 1.37. The van der Waals surface area contributed by atoms with E-state index in [1.54, 1.807) is 0 Å². The summed E-state index contributed by atoms with van der Waals surface area (Å²) < 4.78 is 5.31. The van der Waals surface area contributed by atoms with Gasteiger partial charge in [-0.2, -0.15) is 0 Å². The number of hydrogen-bond acceptors (Lipinski definition) is 3. The zero-order chi connectivity index (χ0) is 7.84. The monoisotopic (exact) mass is 167 g/mol. The normalized spacial score (nSPS) is 21.1. The zero-order valence-corrected chi connectivity index (χ0v) is 6.84. The van der Waals surface area contributed by atoms with Crippen molar-refractivity contribution in [3.05, 3.63) is 23.8 Å². The Balaban J connectivity index is 2.52. The van der Waals surface area contributed by atoms with Crippen molar-refractivity contribution in [2.75, 3.05) is 6.61 Å². The van der Waals surface area contributed by atoms with Gasteiger partial charge in [-0.05, 0) is 18.2 Å². The molecule has 0 saturated carbocycles. The van der Waals surface area contributed by atoms with Crippen molar-refractivity contribution in [1.82, 2.24) is 0 Å². The van der Waals surface area contributed by atoms with Gasteiger partial charge in [-0.3, -0.25) is 0 Å². The molecule has 1 atom stereocenters. The van der Waals surface area contributed by atoms with Crippen molar-refractivity contribution < 1.29 is 4.74 Å². The van der Waals surface area contributed by atoms with Gasteiger partial charge in [0.2, 0.25) is 0 Å². The Labute approximate surface area is 70.8 Å². The number of fused-ring (bicyclic) bond motifs is 1. The van der Waals surface area contributed by atoms with Gasteiger partial charge in [-0.15, -0.1) is 12.6 Å². The molecule has 58 valence electrons. The van der Waals surface area contributed by atoms with Crippen LogP contribution >= 0.6 is 12.6 Å². The largest absolute Gasteiger partial charge is 0.491 e. The Morgan fingerprint density at radius 2 is 2.36 bits per heavy atom. The summed E-state index contributed by atoms with van der Waals surface area (Å²) in [6.07, 6.45) is 0. The van der Waals surface area contributed by atoms with Gasteiger partial charge in [0.05, 0.1) is 6.04 Å². The van der Waals surface area contributed by atoms with Crippen molar-refractivity contribution in [3.8, 4) is 5.75 Å². The summed E-state index contributed by atoms with van der Waals surface area (Å²) in [5.74, 6) is 0.898. The van der Waals surface area contributed by atoms with E-state index in [2.05, 4.69) is 12.6 Å². The van der Waals surface area contributed by atoms with Gasteiger partial charge in [0, 0.05) is 10.5 Å². The topological polar surface area (TPSA) is 35.2 Å². The Bertz CT molecular complexity index is 287. The molecule has 0 aliphatic carbocycles.